The molecule has 0 aromatic rings. The molecule has 0 rings (SSSR count). The number of rotatable bonds is 4. The van der Waals surface area contributed by atoms with Gasteiger partial charge in [0.2, 0.25) is 0 Å². The van der Waals surface area contributed by atoms with E-state index in [1.165, 1.54) is 0 Å². The molecule has 0 fully saturated rings. The molecule has 0 aromatic heterocycles. The third kappa shape index (κ3) is 2.67. The van der Waals surface area contributed by atoms with Crippen LogP contribution in [0, 0.1) is 11.3 Å². The highest BCUT2D eigenvalue weighted by atomic mass is 32.3. The second kappa shape index (κ2) is 4.13. The Bertz CT molecular complexity index is 180. The molecule has 0 heterocycles. The molecule has 72 valence electrons. The predicted octanol–water partition coefficient (Wildman–Crippen LogP) is 3.41. The summed E-state index contributed by atoms with van der Waals surface area (Å²) in [5, 5.41) is 8.43. The van der Waals surface area contributed by atoms with E-state index in [9.17, 15) is 3.89 Å². The lowest BCUT2D eigenvalue weighted by atomic mass is 10.0. The van der Waals surface area contributed by atoms with Crippen molar-refractivity contribution in [3.8, 4) is 6.07 Å². The zero-order valence-corrected chi connectivity index (χ0v) is 9.17. The summed E-state index contributed by atoms with van der Waals surface area (Å²) in [6, 6.07) is 2.08. The lowest BCUT2D eigenvalue weighted by Crippen LogP contribution is -2.27. The van der Waals surface area contributed by atoms with Gasteiger partial charge < -0.3 is 0 Å². The molecular weight excluding hydrogens is 173 g/mol. The van der Waals surface area contributed by atoms with Gasteiger partial charge in [0.1, 0.15) is 0 Å². The second-order valence-electron chi connectivity index (χ2n) is 3.66. The molecule has 0 aliphatic carbocycles. The first-order chi connectivity index (χ1) is 5.37. The molecule has 12 heavy (non-hydrogen) atoms. The molecule has 0 bridgehead atoms. The molecule has 0 aliphatic heterocycles. The van der Waals surface area contributed by atoms with Gasteiger partial charge in [0.15, 0.2) is 0 Å². The van der Waals surface area contributed by atoms with E-state index in [2.05, 4.69) is 6.07 Å². The minimum absolute atomic E-state index is 0.275. The highest BCUT2D eigenvalue weighted by Gasteiger charge is 2.35. The van der Waals surface area contributed by atoms with Gasteiger partial charge in [0.25, 0.3) is 0 Å². The van der Waals surface area contributed by atoms with Crippen LogP contribution < -0.4 is 0 Å². The van der Waals surface area contributed by atoms with Crippen LogP contribution >= 0.6 is 10.4 Å². The number of hydrogen-bond donors (Lipinski definition) is 0. The van der Waals surface area contributed by atoms with Crippen molar-refractivity contribution in [3.05, 3.63) is 0 Å². The maximum Gasteiger partial charge on any atom is 0.0622 e. The molecular formula is C9H18FNS. The van der Waals surface area contributed by atoms with Crippen LogP contribution in [-0.2, 0) is 0 Å². The first kappa shape index (κ1) is 11.8. The Labute approximate surface area is 76.6 Å². The lowest BCUT2D eigenvalue weighted by molar-refractivity contribution is 0.550. The van der Waals surface area contributed by atoms with E-state index in [-0.39, 0.29) is 4.75 Å². The Balaban J connectivity index is 4.37. The maximum atomic E-state index is 13.7. The van der Waals surface area contributed by atoms with E-state index in [1.807, 2.05) is 13.8 Å². The molecule has 0 amide bonds. The molecule has 1 unspecified atom stereocenters. The largest absolute Gasteiger partial charge is 0.198 e. The SMILES string of the molecule is CCC(C)(CCC#N)S(C)(C)F. The third-order valence-electron chi connectivity index (χ3n) is 2.69. The fourth-order valence-corrected chi connectivity index (χ4v) is 2.36. The summed E-state index contributed by atoms with van der Waals surface area (Å²) in [5.74, 6) is 0. The van der Waals surface area contributed by atoms with E-state index in [0.29, 0.717) is 12.8 Å². The highest BCUT2D eigenvalue weighted by Crippen LogP contribution is 2.58. The van der Waals surface area contributed by atoms with Crippen LogP contribution in [0.1, 0.15) is 33.1 Å². The van der Waals surface area contributed by atoms with Gasteiger partial charge in [0, 0.05) is 11.2 Å². The van der Waals surface area contributed by atoms with Gasteiger partial charge in [-0.25, -0.2) is 0 Å². The standard InChI is InChI=1S/C9H18FNS/c1-5-9(2,7-6-8-11)12(3,4)10/h5-7H2,1-4H3. The molecule has 1 atom stereocenters. The minimum Gasteiger partial charge on any atom is -0.198 e. The van der Waals surface area contributed by atoms with Crippen LogP contribution in [0.15, 0.2) is 0 Å². The van der Waals surface area contributed by atoms with Crippen molar-refractivity contribution in [2.24, 2.45) is 0 Å². The van der Waals surface area contributed by atoms with Crippen molar-refractivity contribution < 1.29 is 3.89 Å². The van der Waals surface area contributed by atoms with Crippen molar-refractivity contribution in [1.82, 2.24) is 0 Å². The molecule has 0 aromatic carbocycles. The van der Waals surface area contributed by atoms with Gasteiger partial charge in [-0.05, 0) is 32.3 Å². The third-order valence-corrected chi connectivity index (χ3v) is 5.52. The van der Waals surface area contributed by atoms with Gasteiger partial charge in [-0.1, -0.05) is 17.3 Å². The van der Waals surface area contributed by atoms with Gasteiger partial charge in [-0.2, -0.15) is 9.15 Å². The first-order valence-corrected chi connectivity index (χ1v) is 6.52. The summed E-state index contributed by atoms with van der Waals surface area (Å²) in [6.45, 7) is 3.94. The summed E-state index contributed by atoms with van der Waals surface area (Å²) < 4.78 is 13.5. The summed E-state index contributed by atoms with van der Waals surface area (Å²) in [4.78, 5) is 0. The molecule has 0 saturated carbocycles. The topological polar surface area (TPSA) is 23.8 Å². The number of hydrogen-bond acceptors (Lipinski definition) is 1. The fourth-order valence-electron chi connectivity index (χ4n) is 1.08. The van der Waals surface area contributed by atoms with Gasteiger partial charge in [-0.15, -0.1) is 0 Å². The van der Waals surface area contributed by atoms with Crippen LogP contribution in [-0.4, -0.2) is 17.3 Å². The fraction of sp³-hybridized carbons (Fsp3) is 0.889. The van der Waals surface area contributed by atoms with Crippen LogP contribution in [0.4, 0.5) is 3.89 Å². The molecule has 0 N–H and O–H groups in total. The van der Waals surface area contributed by atoms with Crippen LogP contribution in [0.3, 0.4) is 0 Å². The summed E-state index contributed by atoms with van der Waals surface area (Å²) >= 11 is 0. The van der Waals surface area contributed by atoms with Crippen molar-refractivity contribution in [2.75, 3.05) is 12.5 Å². The predicted molar refractivity (Wildman–Crippen MR) is 54.1 cm³/mol. The van der Waals surface area contributed by atoms with Gasteiger partial charge in [0.05, 0.1) is 6.07 Å². The van der Waals surface area contributed by atoms with E-state index in [0.717, 1.165) is 6.42 Å². The minimum atomic E-state index is -2.04. The normalized spacial score (nSPS) is 18.0. The van der Waals surface area contributed by atoms with Crippen molar-refractivity contribution in [2.45, 2.75) is 37.9 Å². The zero-order chi connectivity index (χ0) is 9.83. The Kier molecular flexibility index (Phi) is 4.05. The van der Waals surface area contributed by atoms with Crippen molar-refractivity contribution in [1.29, 1.82) is 5.26 Å². The summed E-state index contributed by atoms with van der Waals surface area (Å²) in [7, 11) is -2.04. The van der Waals surface area contributed by atoms with Gasteiger partial charge >= 0.3 is 0 Å². The van der Waals surface area contributed by atoms with Crippen LogP contribution in [0.25, 0.3) is 0 Å². The second-order valence-corrected chi connectivity index (χ2v) is 7.05. The van der Waals surface area contributed by atoms with Crippen LogP contribution in [0.5, 0.6) is 0 Å². The Morgan fingerprint density at radius 2 is 2.00 bits per heavy atom. The smallest absolute Gasteiger partial charge is 0.0622 e. The summed E-state index contributed by atoms with van der Waals surface area (Å²) in [6.07, 6.45) is 5.30. The molecule has 1 nitrogen and oxygen atoms in total. The zero-order valence-electron chi connectivity index (χ0n) is 8.35. The Morgan fingerprint density at radius 1 is 1.50 bits per heavy atom. The maximum absolute atomic E-state index is 13.7. The molecule has 0 spiro atoms. The Hall–Kier alpha value is -0.230. The first-order valence-electron chi connectivity index (χ1n) is 4.17. The molecule has 0 aliphatic rings. The monoisotopic (exact) mass is 191 g/mol. The van der Waals surface area contributed by atoms with E-state index in [4.69, 9.17) is 5.26 Å². The van der Waals surface area contributed by atoms with Gasteiger partial charge in [-0.3, -0.25) is 0 Å². The van der Waals surface area contributed by atoms with Crippen LogP contribution in [0.2, 0.25) is 0 Å². The van der Waals surface area contributed by atoms with Crippen molar-refractivity contribution >= 4 is 10.4 Å². The molecule has 3 heteroatoms. The van der Waals surface area contributed by atoms with E-state index in [1.54, 1.807) is 12.5 Å². The summed E-state index contributed by atoms with van der Waals surface area (Å²) in [5.41, 5.74) is 0. The molecule has 0 saturated heterocycles. The quantitative estimate of drug-likeness (QED) is 0.668. The number of nitrogens with zero attached hydrogens (tertiary/aromatic N) is 1. The highest BCUT2D eigenvalue weighted by molar-refractivity contribution is 8.29. The average molecular weight is 191 g/mol. The average Bonchev–Trinajstić information content (AvgIpc) is 1.98. The van der Waals surface area contributed by atoms with E-state index < -0.39 is 10.4 Å². The Morgan fingerprint density at radius 3 is 2.25 bits per heavy atom. The van der Waals surface area contributed by atoms with Crippen molar-refractivity contribution in [3.63, 3.8) is 0 Å². The number of nitriles is 1. The van der Waals surface area contributed by atoms with E-state index >= 15 is 0 Å². The number of halogens is 1. The molecule has 0 radical (unpaired) electrons. The lowest BCUT2D eigenvalue weighted by Gasteiger charge is -2.41.